The summed E-state index contributed by atoms with van der Waals surface area (Å²) >= 11 is 0. The number of amides is 1. The Balaban J connectivity index is 3.08. The number of carbonyl (C=O) groups is 3. The summed E-state index contributed by atoms with van der Waals surface area (Å²) in [6.45, 7) is 5.53. The fourth-order valence-corrected chi connectivity index (χ4v) is 3.59. The molecule has 35 heavy (non-hydrogen) atoms. The first-order valence-corrected chi connectivity index (χ1v) is 12.0. The van der Waals surface area contributed by atoms with E-state index < -0.39 is 36.5 Å². The van der Waals surface area contributed by atoms with E-state index in [2.05, 4.69) is 0 Å². The van der Waals surface area contributed by atoms with E-state index in [9.17, 15) is 24.6 Å². The average molecular weight is 490 g/mol. The lowest BCUT2D eigenvalue weighted by Gasteiger charge is -2.22. The van der Waals surface area contributed by atoms with E-state index in [1.165, 1.54) is 18.2 Å². The van der Waals surface area contributed by atoms with E-state index in [0.717, 1.165) is 11.9 Å². The number of esters is 1. The first kappa shape index (κ1) is 30.1. The SMILES string of the molecule is C/C(C=O)=C\C(C)C1C/C(C)=C/C=C/CCC(OC(N)=O)C(O)/C=C/C(O)CCC/C=C/C(=O)O1. The van der Waals surface area contributed by atoms with Crippen molar-refractivity contribution in [1.29, 1.82) is 0 Å². The summed E-state index contributed by atoms with van der Waals surface area (Å²) < 4.78 is 10.7. The van der Waals surface area contributed by atoms with Crippen LogP contribution in [0.2, 0.25) is 0 Å². The average Bonchev–Trinajstić information content (AvgIpc) is 2.79. The molecule has 0 aromatic heterocycles. The molecule has 1 rings (SSSR count). The minimum absolute atomic E-state index is 0.169. The van der Waals surface area contributed by atoms with Gasteiger partial charge in [0.05, 0.1) is 6.10 Å². The molecule has 0 saturated heterocycles. The summed E-state index contributed by atoms with van der Waals surface area (Å²) in [6.07, 6.45) is 12.9. The van der Waals surface area contributed by atoms with Crippen molar-refractivity contribution in [2.24, 2.45) is 11.7 Å². The number of aliphatic hydroxyl groups is 2. The third kappa shape index (κ3) is 13.5. The van der Waals surface area contributed by atoms with Gasteiger partial charge in [0, 0.05) is 18.4 Å². The Morgan fingerprint density at radius 2 is 1.97 bits per heavy atom. The van der Waals surface area contributed by atoms with Crippen molar-refractivity contribution in [3.05, 3.63) is 59.8 Å². The summed E-state index contributed by atoms with van der Waals surface area (Å²) in [5, 5.41) is 20.5. The Morgan fingerprint density at radius 3 is 2.66 bits per heavy atom. The van der Waals surface area contributed by atoms with Crippen LogP contribution in [0.1, 0.15) is 59.3 Å². The Hall–Kier alpha value is -2.97. The van der Waals surface area contributed by atoms with Gasteiger partial charge in [-0.1, -0.05) is 55.0 Å². The molecule has 0 spiro atoms. The van der Waals surface area contributed by atoms with Crippen LogP contribution in [0, 0.1) is 5.92 Å². The van der Waals surface area contributed by atoms with Gasteiger partial charge >= 0.3 is 12.1 Å². The molecule has 5 unspecified atom stereocenters. The zero-order chi connectivity index (χ0) is 26.2. The minimum Gasteiger partial charge on any atom is -0.458 e. The maximum atomic E-state index is 12.4. The summed E-state index contributed by atoms with van der Waals surface area (Å²) in [5.74, 6) is -0.626. The van der Waals surface area contributed by atoms with E-state index in [1.807, 2.05) is 32.1 Å². The van der Waals surface area contributed by atoms with E-state index in [1.54, 1.807) is 19.1 Å². The zero-order valence-corrected chi connectivity index (χ0v) is 20.8. The maximum absolute atomic E-state index is 12.4. The van der Waals surface area contributed by atoms with Crippen LogP contribution in [0.4, 0.5) is 4.79 Å². The smallest absolute Gasteiger partial charge is 0.404 e. The molecule has 1 aliphatic rings. The predicted molar refractivity (Wildman–Crippen MR) is 134 cm³/mol. The number of carbonyl (C=O) groups excluding carboxylic acids is 3. The van der Waals surface area contributed by atoms with Gasteiger partial charge in [-0.2, -0.15) is 0 Å². The highest BCUT2D eigenvalue weighted by Gasteiger charge is 2.21. The van der Waals surface area contributed by atoms with Gasteiger partial charge in [-0.05, 0) is 51.5 Å². The maximum Gasteiger partial charge on any atom is 0.404 e. The van der Waals surface area contributed by atoms with Crippen LogP contribution in [0.15, 0.2) is 59.8 Å². The molecule has 4 N–H and O–H groups in total. The van der Waals surface area contributed by atoms with Gasteiger partial charge in [-0.3, -0.25) is 4.79 Å². The second-order valence-corrected chi connectivity index (χ2v) is 8.84. The molecule has 0 radical (unpaired) electrons. The fourth-order valence-electron chi connectivity index (χ4n) is 3.59. The van der Waals surface area contributed by atoms with Gasteiger partial charge in [-0.25, -0.2) is 9.59 Å². The molecular weight excluding hydrogens is 450 g/mol. The molecule has 0 saturated carbocycles. The normalized spacial score (nSPS) is 31.1. The number of hydrogen-bond donors (Lipinski definition) is 3. The van der Waals surface area contributed by atoms with Crippen molar-refractivity contribution in [3.8, 4) is 0 Å². The molecule has 5 atom stereocenters. The number of ether oxygens (including phenoxy) is 2. The van der Waals surface area contributed by atoms with Crippen molar-refractivity contribution in [2.75, 3.05) is 0 Å². The highest BCUT2D eigenvalue weighted by atomic mass is 16.6. The van der Waals surface area contributed by atoms with E-state index in [-0.39, 0.29) is 5.92 Å². The van der Waals surface area contributed by atoms with Crippen LogP contribution >= 0.6 is 0 Å². The number of rotatable bonds is 4. The van der Waals surface area contributed by atoms with E-state index in [4.69, 9.17) is 15.2 Å². The standard InChI is InChI=1S/C27H39NO7/c1-19-10-6-4-8-12-24(35-27(28)33)23(31)15-14-22(30)11-7-5-9-13-26(32)34-25(17-19)21(3)16-20(2)18-29/h4,6,9-10,13-16,18,21-25,30-31H,5,7-8,11-12,17H2,1-3H3,(H2,28,33)/b6-4+,13-9+,15-14+,19-10+,20-16+. The number of aldehydes is 1. The van der Waals surface area contributed by atoms with Gasteiger partial charge in [0.1, 0.15) is 24.6 Å². The molecule has 8 nitrogen and oxygen atoms in total. The van der Waals surface area contributed by atoms with Crippen LogP contribution in [-0.4, -0.2) is 53.0 Å². The van der Waals surface area contributed by atoms with Crippen molar-refractivity contribution in [1.82, 2.24) is 0 Å². The Bertz CT molecular complexity index is 840. The number of primary amides is 1. The predicted octanol–water partition coefficient (Wildman–Crippen LogP) is 3.83. The molecule has 1 aliphatic heterocycles. The van der Waals surface area contributed by atoms with Gasteiger partial charge in [0.25, 0.3) is 0 Å². The second kappa shape index (κ2) is 16.6. The molecular formula is C27H39NO7. The largest absolute Gasteiger partial charge is 0.458 e. The van der Waals surface area contributed by atoms with Gasteiger partial charge in [0.2, 0.25) is 0 Å². The van der Waals surface area contributed by atoms with E-state index >= 15 is 0 Å². The third-order valence-corrected chi connectivity index (χ3v) is 5.53. The van der Waals surface area contributed by atoms with Crippen molar-refractivity contribution in [3.63, 3.8) is 0 Å². The number of nitrogens with two attached hydrogens (primary N) is 1. The number of allylic oxidation sites excluding steroid dienone is 5. The molecule has 0 aromatic rings. The van der Waals surface area contributed by atoms with Crippen LogP contribution in [-0.2, 0) is 19.1 Å². The minimum atomic E-state index is -1.10. The molecule has 0 aromatic carbocycles. The summed E-state index contributed by atoms with van der Waals surface area (Å²) in [6, 6.07) is 0. The summed E-state index contributed by atoms with van der Waals surface area (Å²) in [4.78, 5) is 34.6. The topological polar surface area (TPSA) is 136 Å². The molecule has 8 heteroatoms. The summed E-state index contributed by atoms with van der Waals surface area (Å²) in [5.41, 5.74) is 6.68. The fraction of sp³-hybridized carbons (Fsp3) is 0.519. The molecule has 194 valence electrons. The lowest BCUT2D eigenvalue weighted by Crippen LogP contribution is -2.32. The molecule has 0 aliphatic carbocycles. The number of cyclic esters (lactones) is 1. The van der Waals surface area contributed by atoms with Gasteiger partial charge in [-0.15, -0.1) is 0 Å². The van der Waals surface area contributed by atoms with Crippen molar-refractivity contribution < 1.29 is 34.1 Å². The highest BCUT2D eigenvalue weighted by molar-refractivity contribution is 5.82. The molecule has 1 heterocycles. The number of hydrogen-bond acceptors (Lipinski definition) is 7. The molecule has 1 amide bonds. The van der Waals surface area contributed by atoms with Crippen LogP contribution < -0.4 is 5.73 Å². The van der Waals surface area contributed by atoms with Crippen molar-refractivity contribution in [2.45, 2.75) is 83.7 Å². The van der Waals surface area contributed by atoms with Gasteiger partial charge in [0.15, 0.2) is 0 Å². The summed E-state index contributed by atoms with van der Waals surface area (Å²) in [7, 11) is 0. The second-order valence-electron chi connectivity index (χ2n) is 8.84. The molecule has 0 bridgehead atoms. The first-order valence-electron chi connectivity index (χ1n) is 12.0. The zero-order valence-electron chi connectivity index (χ0n) is 20.8. The highest BCUT2D eigenvalue weighted by Crippen LogP contribution is 2.20. The van der Waals surface area contributed by atoms with Crippen LogP contribution in [0.3, 0.4) is 0 Å². The Labute approximate surface area is 207 Å². The lowest BCUT2D eigenvalue weighted by atomic mass is 9.96. The lowest BCUT2D eigenvalue weighted by molar-refractivity contribution is -0.144. The Kier molecular flexibility index (Phi) is 14.3. The number of aliphatic hydroxyl groups excluding tert-OH is 2. The van der Waals surface area contributed by atoms with Crippen molar-refractivity contribution >= 4 is 18.3 Å². The van der Waals surface area contributed by atoms with Crippen LogP contribution in [0.25, 0.3) is 0 Å². The van der Waals surface area contributed by atoms with Gasteiger partial charge < -0.3 is 25.4 Å². The molecule has 0 fully saturated rings. The monoisotopic (exact) mass is 489 g/mol. The van der Waals surface area contributed by atoms with Crippen LogP contribution in [0.5, 0.6) is 0 Å². The quantitative estimate of drug-likeness (QED) is 0.236. The Morgan fingerprint density at radius 1 is 1.23 bits per heavy atom. The third-order valence-electron chi connectivity index (χ3n) is 5.53. The van der Waals surface area contributed by atoms with E-state index in [0.29, 0.717) is 44.1 Å². The first-order chi connectivity index (χ1) is 16.6.